The van der Waals surface area contributed by atoms with Crippen molar-refractivity contribution >= 4 is 17.7 Å². The zero-order valence-electron chi connectivity index (χ0n) is 12.1. The zero-order chi connectivity index (χ0) is 16.3. The topological polar surface area (TPSA) is 114 Å². The molecule has 2 rings (SSSR count). The van der Waals surface area contributed by atoms with Crippen molar-refractivity contribution in [3.05, 3.63) is 46.3 Å². The van der Waals surface area contributed by atoms with E-state index in [0.29, 0.717) is 11.3 Å². The molecule has 1 aromatic rings. The molecule has 8 nitrogen and oxygen atoms in total. The average Bonchev–Trinajstić information content (AvgIpc) is 2.46. The molecular formula is C14H16N3O5-. The number of anilines is 1. The van der Waals surface area contributed by atoms with Crippen molar-refractivity contribution in [3.63, 3.8) is 0 Å². The molecule has 1 atom stereocenters. The van der Waals surface area contributed by atoms with E-state index in [1.165, 1.54) is 18.2 Å². The lowest BCUT2D eigenvalue weighted by molar-refractivity contribution is -0.139. The number of nitrogens with one attached hydrogen (secondary N) is 2. The number of rotatable bonds is 4. The van der Waals surface area contributed by atoms with Crippen LogP contribution >= 0.6 is 0 Å². The molecule has 1 heterocycles. The van der Waals surface area contributed by atoms with Crippen molar-refractivity contribution in [1.29, 1.82) is 0 Å². The Morgan fingerprint density at radius 1 is 1.50 bits per heavy atom. The third-order valence-corrected chi connectivity index (χ3v) is 3.19. The van der Waals surface area contributed by atoms with E-state index < -0.39 is 18.0 Å². The van der Waals surface area contributed by atoms with Gasteiger partial charge in [0.25, 0.3) is 0 Å². The fourth-order valence-corrected chi connectivity index (χ4v) is 2.25. The van der Waals surface area contributed by atoms with Crippen LogP contribution in [0.3, 0.4) is 0 Å². The van der Waals surface area contributed by atoms with Gasteiger partial charge in [0, 0.05) is 5.70 Å². The first-order chi connectivity index (χ1) is 10.4. The van der Waals surface area contributed by atoms with Crippen LogP contribution in [-0.2, 0) is 9.53 Å². The van der Waals surface area contributed by atoms with Crippen molar-refractivity contribution in [3.8, 4) is 0 Å². The fraction of sp³-hybridized carbons (Fsp3) is 0.286. The highest BCUT2D eigenvalue weighted by Crippen LogP contribution is 2.29. The Labute approximate surface area is 126 Å². The summed E-state index contributed by atoms with van der Waals surface area (Å²) in [6.45, 7) is 3.47. The Kier molecular flexibility index (Phi) is 4.64. The average molecular weight is 306 g/mol. The minimum absolute atomic E-state index is 0.00820. The van der Waals surface area contributed by atoms with Crippen LogP contribution in [0.2, 0.25) is 0 Å². The van der Waals surface area contributed by atoms with Crippen LogP contribution in [0.4, 0.5) is 10.5 Å². The first kappa shape index (κ1) is 15.8. The second-order valence-corrected chi connectivity index (χ2v) is 4.66. The molecule has 0 aliphatic carbocycles. The molecule has 118 valence electrons. The van der Waals surface area contributed by atoms with Crippen LogP contribution in [0.5, 0.6) is 0 Å². The SMILES string of the molecule is CCOC(=O)C1=C(C)NC(=O)NC1c1cccc(N([O-])O)c1. The lowest BCUT2D eigenvalue weighted by Gasteiger charge is -2.29. The molecule has 0 saturated carbocycles. The normalized spacial score (nSPS) is 17.6. The summed E-state index contributed by atoms with van der Waals surface area (Å²) < 4.78 is 5.01. The maximum Gasteiger partial charge on any atom is 0.338 e. The molecule has 3 N–H and O–H groups in total. The number of carbonyl (C=O) groups excluding carboxylic acids is 2. The monoisotopic (exact) mass is 306 g/mol. The number of esters is 1. The predicted octanol–water partition coefficient (Wildman–Crippen LogP) is 1.57. The number of carbonyl (C=O) groups is 2. The molecule has 0 radical (unpaired) electrons. The zero-order valence-corrected chi connectivity index (χ0v) is 12.1. The summed E-state index contributed by atoms with van der Waals surface area (Å²) in [4.78, 5) is 23.8. The maximum absolute atomic E-state index is 12.1. The predicted molar refractivity (Wildman–Crippen MR) is 77.8 cm³/mol. The number of hydrogen-bond donors (Lipinski definition) is 3. The molecule has 1 aliphatic rings. The van der Waals surface area contributed by atoms with Gasteiger partial charge in [0.2, 0.25) is 0 Å². The van der Waals surface area contributed by atoms with Gasteiger partial charge in [-0.05, 0) is 31.5 Å². The summed E-state index contributed by atoms with van der Waals surface area (Å²) in [6, 6.07) is 4.72. The van der Waals surface area contributed by atoms with Crippen LogP contribution in [0.1, 0.15) is 25.5 Å². The van der Waals surface area contributed by atoms with Crippen LogP contribution in [0.25, 0.3) is 0 Å². The van der Waals surface area contributed by atoms with Gasteiger partial charge in [-0.1, -0.05) is 12.1 Å². The summed E-state index contributed by atoms with van der Waals surface area (Å²) in [5, 5.41) is 24.8. The third-order valence-electron chi connectivity index (χ3n) is 3.19. The van der Waals surface area contributed by atoms with E-state index >= 15 is 0 Å². The van der Waals surface area contributed by atoms with Gasteiger partial charge in [-0.2, -0.15) is 0 Å². The van der Waals surface area contributed by atoms with E-state index in [-0.39, 0.29) is 23.1 Å². The molecule has 22 heavy (non-hydrogen) atoms. The highest BCUT2D eigenvalue weighted by molar-refractivity contribution is 5.95. The smallest absolute Gasteiger partial charge is 0.338 e. The van der Waals surface area contributed by atoms with E-state index in [1.807, 2.05) is 0 Å². The molecular weight excluding hydrogens is 290 g/mol. The Balaban J connectivity index is 2.45. The maximum atomic E-state index is 12.1. The highest BCUT2D eigenvalue weighted by Gasteiger charge is 2.32. The molecule has 8 heteroatoms. The number of ether oxygens (including phenoxy) is 1. The minimum atomic E-state index is -0.771. The Bertz CT molecular complexity index is 627. The van der Waals surface area contributed by atoms with Gasteiger partial charge in [0.1, 0.15) is 0 Å². The number of nitrogens with zero attached hydrogens (tertiary/aromatic N) is 1. The minimum Gasteiger partial charge on any atom is -0.733 e. The summed E-state index contributed by atoms with van der Waals surface area (Å²) in [5.74, 6) is -0.564. The molecule has 1 aromatic carbocycles. The van der Waals surface area contributed by atoms with Crippen molar-refractivity contribution in [1.82, 2.24) is 10.6 Å². The van der Waals surface area contributed by atoms with Crippen LogP contribution in [0.15, 0.2) is 35.5 Å². The van der Waals surface area contributed by atoms with Crippen molar-refractivity contribution in [2.75, 3.05) is 11.8 Å². The van der Waals surface area contributed by atoms with Gasteiger partial charge < -0.3 is 25.8 Å². The van der Waals surface area contributed by atoms with Crippen molar-refractivity contribution < 1.29 is 19.5 Å². The second-order valence-electron chi connectivity index (χ2n) is 4.66. The van der Waals surface area contributed by atoms with E-state index in [2.05, 4.69) is 10.6 Å². The number of benzene rings is 1. The summed E-state index contributed by atoms with van der Waals surface area (Å²) in [7, 11) is 0. The van der Waals surface area contributed by atoms with Crippen LogP contribution < -0.4 is 15.9 Å². The first-order valence-electron chi connectivity index (χ1n) is 6.65. The van der Waals surface area contributed by atoms with Gasteiger partial charge in [-0.3, -0.25) is 5.21 Å². The van der Waals surface area contributed by atoms with E-state index in [1.54, 1.807) is 19.9 Å². The Morgan fingerprint density at radius 2 is 2.23 bits per heavy atom. The lowest BCUT2D eigenvalue weighted by Crippen LogP contribution is -2.45. The largest absolute Gasteiger partial charge is 0.733 e. The fourth-order valence-electron chi connectivity index (χ4n) is 2.25. The molecule has 0 bridgehead atoms. The Morgan fingerprint density at radius 3 is 2.86 bits per heavy atom. The molecule has 1 unspecified atom stereocenters. The molecule has 2 amide bonds. The molecule has 1 aliphatic heterocycles. The van der Waals surface area contributed by atoms with Crippen LogP contribution in [0, 0.1) is 5.21 Å². The number of amides is 2. The van der Waals surface area contributed by atoms with Crippen molar-refractivity contribution in [2.45, 2.75) is 19.9 Å². The molecule has 0 spiro atoms. The Hall–Kier alpha value is -2.58. The first-order valence-corrected chi connectivity index (χ1v) is 6.65. The van der Waals surface area contributed by atoms with E-state index in [4.69, 9.17) is 9.94 Å². The van der Waals surface area contributed by atoms with Crippen LogP contribution in [-0.4, -0.2) is 23.8 Å². The summed E-state index contributed by atoms with van der Waals surface area (Å²) in [5.41, 5.74) is 1.09. The summed E-state index contributed by atoms with van der Waals surface area (Å²) in [6.07, 6.45) is 0. The number of allylic oxidation sites excluding steroid dienone is 1. The second kappa shape index (κ2) is 6.46. The lowest BCUT2D eigenvalue weighted by atomic mass is 9.95. The number of hydrogen-bond acceptors (Lipinski definition) is 6. The van der Waals surface area contributed by atoms with Gasteiger partial charge in [-0.25, -0.2) is 9.59 Å². The number of urea groups is 1. The van der Waals surface area contributed by atoms with E-state index in [9.17, 15) is 14.8 Å². The highest BCUT2D eigenvalue weighted by atomic mass is 16.8. The standard InChI is InChI=1S/C14H16N3O5/c1-3-22-13(18)11-8(2)15-14(19)16-12(11)9-5-4-6-10(7-9)17(20)21/h4-7,12,20H,3H2,1-2H3,(H2,15,16,19)/q-1. The molecule has 0 fully saturated rings. The van der Waals surface area contributed by atoms with Gasteiger partial charge in [0.05, 0.1) is 23.9 Å². The van der Waals surface area contributed by atoms with E-state index in [0.717, 1.165) is 0 Å². The molecule has 0 saturated heterocycles. The van der Waals surface area contributed by atoms with Crippen molar-refractivity contribution in [2.24, 2.45) is 0 Å². The quantitative estimate of drug-likeness (QED) is 0.574. The van der Waals surface area contributed by atoms with Gasteiger partial charge >= 0.3 is 12.0 Å². The summed E-state index contributed by atoms with van der Waals surface area (Å²) >= 11 is 0. The third kappa shape index (κ3) is 3.18. The molecule has 0 aromatic heterocycles. The van der Waals surface area contributed by atoms with Gasteiger partial charge in [0.15, 0.2) is 0 Å². The van der Waals surface area contributed by atoms with Gasteiger partial charge in [-0.15, -0.1) is 0 Å².